The number of nitrogens with zero attached hydrogens (tertiary/aromatic N) is 1. The highest BCUT2D eigenvalue weighted by molar-refractivity contribution is 5.74. The molecule has 110 valence electrons. The predicted molar refractivity (Wildman–Crippen MR) is 71.9 cm³/mol. The van der Waals surface area contributed by atoms with Crippen molar-refractivity contribution >= 4 is 12.1 Å². The van der Waals surface area contributed by atoms with Crippen LogP contribution in [0.25, 0.3) is 0 Å². The standard InChI is InChI=1S/C14H25NO4/c1-13(2,3)19-12(18)15-8-6-7-10(9-15)14(4,5)11(16)17/h10H,6-9H2,1-5H3,(H,16,17). The average molecular weight is 271 g/mol. The van der Waals surface area contributed by atoms with E-state index in [1.807, 2.05) is 20.8 Å². The van der Waals surface area contributed by atoms with Gasteiger partial charge in [0.15, 0.2) is 0 Å². The molecule has 1 aliphatic rings. The van der Waals surface area contributed by atoms with Crippen molar-refractivity contribution in [2.24, 2.45) is 11.3 Å². The van der Waals surface area contributed by atoms with E-state index in [1.54, 1.807) is 18.7 Å². The summed E-state index contributed by atoms with van der Waals surface area (Å²) in [4.78, 5) is 24.9. The summed E-state index contributed by atoms with van der Waals surface area (Å²) in [5.41, 5.74) is -1.34. The molecule has 1 heterocycles. The maximum absolute atomic E-state index is 12.0. The van der Waals surface area contributed by atoms with Crippen LogP contribution < -0.4 is 0 Å². The van der Waals surface area contributed by atoms with Gasteiger partial charge in [-0.3, -0.25) is 4.79 Å². The molecule has 0 aromatic carbocycles. The van der Waals surface area contributed by atoms with Crippen molar-refractivity contribution in [3.05, 3.63) is 0 Å². The van der Waals surface area contributed by atoms with Gasteiger partial charge in [0, 0.05) is 13.1 Å². The van der Waals surface area contributed by atoms with Gasteiger partial charge in [-0.25, -0.2) is 4.79 Å². The molecule has 5 nitrogen and oxygen atoms in total. The van der Waals surface area contributed by atoms with Crippen LogP contribution in [0, 0.1) is 11.3 Å². The number of aliphatic carboxylic acids is 1. The molecule has 0 aliphatic carbocycles. The smallest absolute Gasteiger partial charge is 0.410 e. The number of amides is 1. The third kappa shape index (κ3) is 4.11. The van der Waals surface area contributed by atoms with E-state index < -0.39 is 17.0 Å². The van der Waals surface area contributed by atoms with E-state index in [4.69, 9.17) is 4.74 Å². The molecule has 1 atom stereocenters. The molecule has 0 saturated carbocycles. The van der Waals surface area contributed by atoms with Crippen molar-refractivity contribution < 1.29 is 19.4 Å². The molecule has 19 heavy (non-hydrogen) atoms. The van der Waals surface area contributed by atoms with Crippen molar-refractivity contribution in [3.63, 3.8) is 0 Å². The summed E-state index contributed by atoms with van der Waals surface area (Å²) in [6.07, 6.45) is 1.30. The second kappa shape index (κ2) is 5.39. The summed E-state index contributed by atoms with van der Waals surface area (Å²) in [5.74, 6) is -0.852. The van der Waals surface area contributed by atoms with Gasteiger partial charge in [0.25, 0.3) is 0 Å². The minimum Gasteiger partial charge on any atom is -0.481 e. The first kappa shape index (κ1) is 15.8. The first-order valence-electron chi connectivity index (χ1n) is 6.75. The lowest BCUT2D eigenvalue weighted by atomic mass is 9.75. The number of carbonyl (C=O) groups excluding carboxylic acids is 1. The van der Waals surface area contributed by atoms with Crippen LogP contribution >= 0.6 is 0 Å². The van der Waals surface area contributed by atoms with Crippen LogP contribution in [0.3, 0.4) is 0 Å². The van der Waals surface area contributed by atoms with E-state index in [0.717, 1.165) is 12.8 Å². The molecule has 0 radical (unpaired) electrons. The number of carboxylic acids is 1. The van der Waals surface area contributed by atoms with E-state index in [9.17, 15) is 14.7 Å². The minimum atomic E-state index is -0.819. The van der Waals surface area contributed by atoms with Crippen molar-refractivity contribution in [1.82, 2.24) is 4.90 Å². The first-order valence-corrected chi connectivity index (χ1v) is 6.75. The van der Waals surface area contributed by atoms with Crippen LogP contribution in [-0.2, 0) is 9.53 Å². The van der Waals surface area contributed by atoms with Crippen molar-refractivity contribution in [3.8, 4) is 0 Å². The Labute approximate surface area is 114 Å². The molecule has 1 aliphatic heterocycles. The molecule has 1 fully saturated rings. The quantitative estimate of drug-likeness (QED) is 0.838. The Morgan fingerprint density at radius 3 is 2.26 bits per heavy atom. The zero-order valence-corrected chi connectivity index (χ0v) is 12.5. The monoisotopic (exact) mass is 271 g/mol. The van der Waals surface area contributed by atoms with Crippen LogP contribution in [0.2, 0.25) is 0 Å². The van der Waals surface area contributed by atoms with Gasteiger partial charge in [0.2, 0.25) is 0 Å². The highest BCUT2D eigenvalue weighted by Gasteiger charge is 2.40. The number of piperidine rings is 1. The minimum absolute atomic E-state index is 0.0359. The topological polar surface area (TPSA) is 66.8 Å². The van der Waals surface area contributed by atoms with Gasteiger partial charge >= 0.3 is 12.1 Å². The molecule has 1 unspecified atom stereocenters. The molecule has 0 bridgehead atoms. The molecule has 0 aromatic heterocycles. The van der Waals surface area contributed by atoms with Crippen LogP contribution in [0.5, 0.6) is 0 Å². The normalized spacial score (nSPS) is 21.1. The third-order valence-corrected chi connectivity index (χ3v) is 3.64. The number of carboxylic acid groups (broad SMARTS) is 1. The number of ether oxygens (including phenoxy) is 1. The summed E-state index contributed by atoms with van der Waals surface area (Å²) < 4.78 is 5.34. The number of carbonyl (C=O) groups is 2. The molecular weight excluding hydrogens is 246 g/mol. The molecule has 5 heteroatoms. The van der Waals surface area contributed by atoms with Gasteiger partial charge in [-0.15, -0.1) is 0 Å². The molecule has 1 saturated heterocycles. The number of likely N-dealkylation sites (tertiary alicyclic amines) is 1. The predicted octanol–water partition coefficient (Wildman–Crippen LogP) is 2.74. The van der Waals surface area contributed by atoms with E-state index in [0.29, 0.717) is 13.1 Å². The van der Waals surface area contributed by atoms with Crippen LogP contribution in [-0.4, -0.2) is 40.8 Å². The Bertz CT molecular complexity index is 357. The van der Waals surface area contributed by atoms with E-state index in [-0.39, 0.29) is 12.0 Å². The second-order valence-electron chi connectivity index (χ2n) is 6.79. The number of hydrogen-bond donors (Lipinski definition) is 1. The van der Waals surface area contributed by atoms with Gasteiger partial charge in [-0.05, 0) is 53.4 Å². The average Bonchev–Trinajstić information content (AvgIpc) is 2.26. The van der Waals surface area contributed by atoms with Crippen LogP contribution in [0.15, 0.2) is 0 Å². The lowest BCUT2D eigenvalue weighted by molar-refractivity contribution is -0.151. The van der Waals surface area contributed by atoms with Crippen LogP contribution in [0.4, 0.5) is 4.79 Å². The number of rotatable bonds is 2. The summed E-state index contributed by atoms with van der Waals surface area (Å²) >= 11 is 0. The molecule has 0 spiro atoms. The fourth-order valence-electron chi connectivity index (χ4n) is 2.23. The van der Waals surface area contributed by atoms with Gasteiger partial charge in [0.05, 0.1) is 5.41 Å². The summed E-state index contributed by atoms with van der Waals surface area (Å²) in [5, 5.41) is 9.27. The van der Waals surface area contributed by atoms with Crippen LogP contribution in [0.1, 0.15) is 47.5 Å². The Balaban J connectivity index is 2.70. The largest absolute Gasteiger partial charge is 0.481 e. The van der Waals surface area contributed by atoms with Gasteiger partial charge in [0.1, 0.15) is 5.60 Å². The summed E-state index contributed by atoms with van der Waals surface area (Å²) in [7, 11) is 0. The van der Waals surface area contributed by atoms with Gasteiger partial charge in [-0.2, -0.15) is 0 Å². The Kier molecular flexibility index (Phi) is 4.48. The van der Waals surface area contributed by atoms with E-state index in [1.165, 1.54) is 0 Å². The second-order valence-corrected chi connectivity index (χ2v) is 6.79. The van der Waals surface area contributed by atoms with E-state index >= 15 is 0 Å². The van der Waals surface area contributed by atoms with Gasteiger partial charge in [-0.1, -0.05) is 0 Å². The molecule has 1 rings (SSSR count). The highest BCUT2D eigenvalue weighted by Crippen LogP contribution is 2.34. The maximum Gasteiger partial charge on any atom is 0.410 e. The zero-order valence-electron chi connectivity index (χ0n) is 12.5. The maximum atomic E-state index is 12.0. The lowest BCUT2D eigenvalue weighted by Gasteiger charge is -2.39. The van der Waals surface area contributed by atoms with Crippen molar-refractivity contribution in [1.29, 1.82) is 0 Å². The third-order valence-electron chi connectivity index (χ3n) is 3.64. The fourth-order valence-corrected chi connectivity index (χ4v) is 2.23. The molecular formula is C14H25NO4. The Morgan fingerprint density at radius 1 is 1.21 bits per heavy atom. The lowest BCUT2D eigenvalue weighted by Crippen LogP contribution is -2.48. The molecule has 1 N–H and O–H groups in total. The fraction of sp³-hybridized carbons (Fsp3) is 0.857. The van der Waals surface area contributed by atoms with E-state index in [2.05, 4.69) is 0 Å². The summed E-state index contributed by atoms with van der Waals surface area (Å²) in [6.45, 7) is 10.0. The summed E-state index contributed by atoms with van der Waals surface area (Å²) in [6, 6.07) is 0. The first-order chi connectivity index (χ1) is 8.54. The highest BCUT2D eigenvalue weighted by atomic mass is 16.6. The van der Waals surface area contributed by atoms with Crippen molar-refractivity contribution in [2.75, 3.05) is 13.1 Å². The Hall–Kier alpha value is -1.26. The van der Waals surface area contributed by atoms with Gasteiger partial charge < -0.3 is 14.7 Å². The molecule has 0 aromatic rings. The Morgan fingerprint density at radius 2 is 1.79 bits per heavy atom. The van der Waals surface area contributed by atoms with Crippen molar-refractivity contribution in [2.45, 2.75) is 53.1 Å². The number of hydrogen-bond acceptors (Lipinski definition) is 3. The zero-order chi connectivity index (χ0) is 14.8. The SMILES string of the molecule is CC(C)(C)OC(=O)N1CCCC(C(C)(C)C(=O)O)C1. The molecule has 1 amide bonds.